The first-order valence-corrected chi connectivity index (χ1v) is 4.50. The van der Waals surface area contributed by atoms with Gasteiger partial charge in [-0.05, 0) is 13.0 Å². The van der Waals surface area contributed by atoms with Crippen LogP contribution < -0.4 is 5.32 Å². The van der Waals surface area contributed by atoms with Crippen molar-refractivity contribution >= 4 is 24.6 Å². The number of carboxylic acid groups (broad SMARTS) is 2. The van der Waals surface area contributed by atoms with E-state index in [0.29, 0.717) is 13.0 Å². The van der Waals surface area contributed by atoms with E-state index in [1.54, 1.807) is 0 Å². The first-order chi connectivity index (χ1) is 6.07. The van der Waals surface area contributed by atoms with E-state index >= 15 is 0 Å². The van der Waals surface area contributed by atoms with Crippen molar-refractivity contribution in [3.05, 3.63) is 0 Å². The first kappa shape index (κ1) is 12.2. The van der Waals surface area contributed by atoms with Crippen LogP contribution in [0.15, 0.2) is 0 Å². The van der Waals surface area contributed by atoms with Crippen molar-refractivity contribution in [3.63, 3.8) is 0 Å². The van der Waals surface area contributed by atoms with Crippen LogP contribution in [0.25, 0.3) is 0 Å². The molecule has 0 aliphatic carbocycles. The van der Waals surface area contributed by atoms with Gasteiger partial charge in [-0.15, -0.1) is 0 Å². The molecule has 0 amide bonds. The van der Waals surface area contributed by atoms with E-state index in [-0.39, 0.29) is 12.2 Å². The Balaban J connectivity index is 3.50. The zero-order chi connectivity index (χ0) is 10.3. The number of hydrogen-bond donors (Lipinski definition) is 4. The van der Waals surface area contributed by atoms with Crippen LogP contribution in [0, 0.1) is 0 Å². The molecule has 0 saturated carbocycles. The topological polar surface area (TPSA) is 86.6 Å². The summed E-state index contributed by atoms with van der Waals surface area (Å²) >= 11 is 3.84. The van der Waals surface area contributed by atoms with Crippen LogP contribution in [0.2, 0.25) is 0 Å². The summed E-state index contributed by atoms with van der Waals surface area (Å²) in [6.45, 7) is 0.379. The molecule has 0 rings (SSSR count). The highest BCUT2D eigenvalue weighted by Crippen LogP contribution is 1.91. The number of thiol groups is 1. The molecule has 0 aromatic rings. The summed E-state index contributed by atoms with van der Waals surface area (Å²) in [6, 6.07) is -0.697. The van der Waals surface area contributed by atoms with Crippen molar-refractivity contribution in [2.45, 2.75) is 18.9 Å². The van der Waals surface area contributed by atoms with Crippen molar-refractivity contribution in [2.75, 3.05) is 12.3 Å². The summed E-state index contributed by atoms with van der Waals surface area (Å²) in [4.78, 5) is 20.5. The van der Waals surface area contributed by atoms with E-state index in [0.717, 1.165) is 0 Å². The third-order valence-electron chi connectivity index (χ3n) is 1.44. The maximum atomic E-state index is 10.4. The minimum atomic E-state index is -0.967. The minimum absolute atomic E-state index is 0.0475. The fourth-order valence-electron chi connectivity index (χ4n) is 0.746. The lowest BCUT2D eigenvalue weighted by molar-refractivity contribution is -0.138. The van der Waals surface area contributed by atoms with Crippen LogP contribution in [0.4, 0.5) is 0 Å². The van der Waals surface area contributed by atoms with Gasteiger partial charge < -0.3 is 15.5 Å². The molecule has 0 radical (unpaired) electrons. The fraction of sp³-hybridized carbons (Fsp3) is 0.714. The zero-order valence-electron chi connectivity index (χ0n) is 7.06. The minimum Gasteiger partial charge on any atom is -0.481 e. The quantitative estimate of drug-likeness (QED) is 0.344. The van der Waals surface area contributed by atoms with E-state index in [2.05, 4.69) is 17.9 Å². The lowest BCUT2D eigenvalue weighted by Crippen LogP contribution is -2.38. The van der Waals surface area contributed by atoms with Crippen molar-refractivity contribution in [2.24, 2.45) is 0 Å². The number of carboxylic acids is 2. The maximum Gasteiger partial charge on any atom is 0.321 e. The average Bonchev–Trinajstić information content (AvgIpc) is 2.03. The van der Waals surface area contributed by atoms with Gasteiger partial charge in [0.05, 0.1) is 0 Å². The Morgan fingerprint density at radius 3 is 2.38 bits per heavy atom. The number of hydrogen-bond acceptors (Lipinski definition) is 4. The highest BCUT2D eigenvalue weighted by atomic mass is 32.1. The molecule has 13 heavy (non-hydrogen) atoms. The molecule has 0 heterocycles. The molecular formula is C7H13NO4S. The van der Waals surface area contributed by atoms with E-state index in [1.807, 2.05) is 0 Å². The Morgan fingerprint density at radius 2 is 2.00 bits per heavy atom. The molecule has 76 valence electrons. The molecule has 0 saturated heterocycles. The van der Waals surface area contributed by atoms with Gasteiger partial charge in [0.25, 0.3) is 0 Å². The number of rotatable bonds is 7. The predicted octanol–water partition coefficient (Wildman–Crippen LogP) is -0.176. The van der Waals surface area contributed by atoms with Gasteiger partial charge in [0.2, 0.25) is 0 Å². The molecule has 0 aliphatic rings. The van der Waals surface area contributed by atoms with Crippen LogP contribution in [-0.4, -0.2) is 40.5 Å². The van der Waals surface area contributed by atoms with Gasteiger partial charge in [-0.25, -0.2) is 0 Å². The van der Waals surface area contributed by atoms with Crippen LogP contribution in [0.3, 0.4) is 0 Å². The molecule has 0 aliphatic heterocycles. The van der Waals surface area contributed by atoms with Crippen molar-refractivity contribution in [3.8, 4) is 0 Å². The Kier molecular flexibility index (Phi) is 6.34. The van der Waals surface area contributed by atoms with E-state index < -0.39 is 18.0 Å². The predicted molar refractivity (Wildman–Crippen MR) is 50.1 cm³/mol. The normalized spacial score (nSPS) is 12.4. The smallest absolute Gasteiger partial charge is 0.321 e. The molecule has 0 unspecified atom stereocenters. The van der Waals surface area contributed by atoms with Crippen molar-refractivity contribution in [1.29, 1.82) is 0 Å². The molecule has 6 heteroatoms. The molecule has 1 atom stereocenters. The highest BCUT2D eigenvalue weighted by Gasteiger charge is 2.13. The number of nitrogens with one attached hydrogen (secondary N) is 1. The molecule has 5 nitrogen and oxygen atoms in total. The van der Waals surface area contributed by atoms with Gasteiger partial charge >= 0.3 is 11.9 Å². The molecule has 3 N–H and O–H groups in total. The third-order valence-corrected chi connectivity index (χ3v) is 1.80. The largest absolute Gasteiger partial charge is 0.481 e. The van der Waals surface area contributed by atoms with Crippen LogP contribution in [-0.2, 0) is 9.59 Å². The maximum absolute atomic E-state index is 10.4. The summed E-state index contributed by atoms with van der Waals surface area (Å²) in [5.41, 5.74) is 0. The number of aliphatic carboxylic acids is 2. The lowest BCUT2D eigenvalue weighted by Gasteiger charge is -2.10. The summed E-state index contributed by atoms with van der Waals surface area (Å²) in [5.74, 6) is -1.65. The first-order valence-electron chi connectivity index (χ1n) is 3.86. The summed E-state index contributed by atoms with van der Waals surface area (Å²) in [6.07, 6.45) is 0.471. The number of carbonyl (C=O) groups is 2. The van der Waals surface area contributed by atoms with Gasteiger partial charge in [0.15, 0.2) is 0 Å². The Hall–Kier alpha value is -0.750. The summed E-state index contributed by atoms with van der Waals surface area (Å²) in [7, 11) is 0. The monoisotopic (exact) mass is 207 g/mol. The zero-order valence-corrected chi connectivity index (χ0v) is 7.96. The van der Waals surface area contributed by atoms with Gasteiger partial charge in [-0.2, -0.15) is 12.6 Å². The average molecular weight is 207 g/mol. The van der Waals surface area contributed by atoms with Crippen LogP contribution in [0.5, 0.6) is 0 Å². The third kappa shape index (κ3) is 6.41. The molecule has 0 spiro atoms. The molecule has 0 aromatic carbocycles. The van der Waals surface area contributed by atoms with Gasteiger partial charge in [-0.1, -0.05) is 0 Å². The van der Waals surface area contributed by atoms with Gasteiger partial charge in [-0.3, -0.25) is 9.59 Å². The molecule has 0 fully saturated rings. The Morgan fingerprint density at radius 1 is 1.38 bits per heavy atom. The second-order valence-electron chi connectivity index (χ2n) is 2.52. The molecular weight excluding hydrogens is 194 g/mol. The summed E-state index contributed by atoms with van der Waals surface area (Å²) in [5, 5.41) is 19.5. The van der Waals surface area contributed by atoms with Gasteiger partial charge in [0, 0.05) is 12.2 Å². The molecule has 0 bridgehead atoms. The van der Waals surface area contributed by atoms with E-state index in [1.165, 1.54) is 0 Å². The molecule has 0 aromatic heterocycles. The summed E-state index contributed by atoms with van der Waals surface area (Å²) < 4.78 is 0. The van der Waals surface area contributed by atoms with Crippen LogP contribution in [0.1, 0.15) is 12.8 Å². The second-order valence-corrected chi connectivity index (χ2v) is 2.89. The van der Waals surface area contributed by atoms with Gasteiger partial charge in [0.1, 0.15) is 6.04 Å². The Labute approximate surface area is 81.5 Å². The van der Waals surface area contributed by atoms with Crippen molar-refractivity contribution in [1.82, 2.24) is 5.32 Å². The van der Waals surface area contributed by atoms with E-state index in [9.17, 15) is 9.59 Å². The lowest BCUT2D eigenvalue weighted by atomic mass is 10.3. The standard InChI is InChI=1S/C7H13NO4S/c9-6(10)2-1-3-8-5(4-13)7(11)12/h5,8,13H,1-4H2,(H,9,10)(H,11,12)/t5-/m0/s1. The Bertz CT molecular complexity index is 185. The van der Waals surface area contributed by atoms with E-state index in [4.69, 9.17) is 10.2 Å². The van der Waals surface area contributed by atoms with Crippen molar-refractivity contribution < 1.29 is 19.8 Å². The SMILES string of the molecule is O=C(O)CCCN[C@@H](CS)C(=O)O. The fourth-order valence-corrected chi connectivity index (χ4v) is 1.03. The second kappa shape index (κ2) is 6.73. The highest BCUT2D eigenvalue weighted by molar-refractivity contribution is 7.80. The van der Waals surface area contributed by atoms with Crippen LogP contribution >= 0.6 is 12.6 Å².